The molecule has 1 aliphatic rings. The van der Waals surface area contributed by atoms with E-state index >= 15 is 0 Å². The first-order chi connectivity index (χ1) is 7.16. The molecule has 15 heavy (non-hydrogen) atoms. The van der Waals surface area contributed by atoms with E-state index in [2.05, 4.69) is 40.8 Å². The van der Waals surface area contributed by atoms with E-state index in [1.54, 1.807) is 0 Å². The van der Waals surface area contributed by atoms with Gasteiger partial charge < -0.3 is 10.2 Å². The van der Waals surface area contributed by atoms with E-state index in [9.17, 15) is 0 Å². The van der Waals surface area contributed by atoms with E-state index in [4.69, 9.17) is 10.2 Å². The molecule has 1 aromatic carbocycles. The summed E-state index contributed by atoms with van der Waals surface area (Å²) in [5.74, 6) is 0.325. The van der Waals surface area contributed by atoms with Gasteiger partial charge in [0.05, 0.1) is 0 Å². The lowest BCUT2D eigenvalue weighted by atomic mass is 9.81. The number of aliphatic hydroxyl groups excluding tert-OH is 1. The third kappa shape index (κ3) is 2.71. The molecule has 2 nitrogen and oxygen atoms in total. The van der Waals surface area contributed by atoms with E-state index in [0.717, 1.165) is 19.3 Å². The van der Waals surface area contributed by atoms with Crippen molar-refractivity contribution in [1.29, 1.82) is 0 Å². The zero-order valence-corrected chi connectivity index (χ0v) is 10.6. The molecule has 1 aromatic rings. The fraction of sp³-hybridized carbons (Fsp3) is 0.500. The lowest BCUT2D eigenvalue weighted by Gasteiger charge is -2.26. The Hall–Kier alpha value is -0.130. The number of hydrogen-bond donors (Lipinski definition) is 2. The third-order valence-electron chi connectivity index (χ3n) is 3.04. The fourth-order valence-corrected chi connectivity index (χ4v) is 2.94. The summed E-state index contributed by atoms with van der Waals surface area (Å²) in [6.45, 7) is 0. The van der Waals surface area contributed by atoms with Crippen molar-refractivity contribution in [1.82, 2.24) is 0 Å². The van der Waals surface area contributed by atoms with Gasteiger partial charge in [-0.25, -0.2) is 0 Å². The van der Waals surface area contributed by atoms with Gasteiger partial charge in [-0.3, -0.25) is 0 Å². The van der Waals surface area contributed by atoms with Crippen molar-refractivity contribution in [2.45, 2.75) is 37.9 Å². The molecular weight excluding hydrogens is 303 g/mol. The predicted molar refractivity (Wildman–Crippen MR) is 67.7 cm³/mol. The zero-order chi connectivity index (χ0) is 10.8. The van der Waals surface area contributed by atoms with Crippen LogP contribution in [0.15, 0.2) is 18.2 Å². The van der Waals surface area contributed by atoms with Crippen LogP contribution in [0.2, 0.25) is 0 Å². The summed E-state index contributed by atoms with van der Waals surface area (Å²) in [4.78, 5) is 0. The molecule has 0 radical (unpaired) electrons. The van der Waals surface area contributed by atoms with Crippen LogP contribution in [0.5, 0.6) is 0 Å². The average molecular weight is 318 g/mol. The number of rotatable bonds is 2. The van der Waals surface area contributed by atoms with Crippen LogP contribution in [-0.2, 0) is 6.42 Å². The highest BCUT2D eigenvalue weighted by molar-refractivity contribution is 14.1. The largest absolute Gasteiger partial charge is 0.368 e. The first-order valence-corrected chi connectivity index (χ1v) is 6.39. The third-order valence-corrected chi connectivity index (χ3v) is 3.71. The van der Waals surface area contributed by atoms with Gasteiger partial charge in [0, 0.05) is 9.99 Å². The van der Waals surface area contributed by atoms with Gasteiger partial charge in [-0.1, -0.05) is 6.07 Å². The SMILES string of the molecule is OC(O)C[C@@H]1CCCc2cc(I)ccc21. The number of aryl methyl sites for hydroxylation is 1. The molecule has 0 unspecified atom stereocenters. The molecule has 0 amide bonds. The Morgan fingerprint density at radius 1 is 1.40 bits per heavy atom. The second-order valence-corrected chi connectivity index (χ2v) is 5.39. The lowest BCUT2D eigenvalue weighted by molar-refractivity contribution is -0.0507. The van der Waals surface area contributed by atoms with Crippen LogP contribution >= 0.6 is 22.6 Å². The minimum atomic E-state index is -1.18. The Morgan fingerprint density at radius 3 is 2.93 bits per heavy atom. The van der Waals surface area contributed by atoms with Gasteiger partial charge in [-0.15, -0.1) is 0 Å². The number of hydrogen-bond acceptors (Lipinski definition) is 2. The minimum absolute atomic E-state index is 0.325. The van der Waals surface area contributed by atoms with E-state index in [-0.39, 0.29) is 0 Å². The quantitative estimate of drug-likeness (QED) is 0.649. The summed E-state index contributed by atoms with van der Waals surface area (Å²) in [6.07, 6.45) is 2.65. The Kier molecular flexibility index (Phi) is 3.64. The molecule has 0 aliphatic heterocycles. The van der Waals surface area contributed by atoms with Gasteiger partial charge in [0.1, 0.15) is 0 Å². The second-order valence-electron chi connectivity index (χ2n) is 4.15. The summed E-state index contributed by atoms with van der Waals surface area (Å²) < 4.78 is 1.26. The predicted octanol–water partition coefficient (Wildman–Crippen LogP) is 2.41. The van der Waals surface area contributed by atoms with Crippen LogP contribution < -0.4 is 0 Å². The maximum absolute atomic E-state index is 9.04. The van der Waals surface area contributed by atoms with E-state index in [1.807, 2.05) is 0 Å². The fourth-order valence-electron chi connectivity index (χ4n) is 2.38. The topological polar surface area (TPSA) is 40.5 Å². The van der Waals surface area contributed by atoms with Crippen LogP contribution in [0.1, 0.15) is 36.3 Å². The Morgan fingerprint density at radius 2 is 2.20 bits per heavy atom. The average Bonchev–Trinajstić information content (AvgIpc) is 2.16. The molecule has 0 saturated carbocycles. The van der Waals surface area contributed by atoms with Gasteiger partial charge >= 0.3 is 0 Å². The van der Waals surface area contributed by atoms with E-state index < -0.39 is 6.29 Å². The van der Waals surface area contributed by atoms with Gasteiger partial charge in [0.25, 0.3) is 0 Å². The molecule has 1 aliphatic carbocycles. The number of halogens is 1. The summed E-state index contributed by atoms with van der Waals surface area (Å²) in [5, 5.41) is 18.1. The molecule has 0 saturated heterocycles. The molecule has 0 spiro atoms. The van der Waals surface area contributed by atoms with Crippen LogP contribution in [0.25, 0.3) is 0 Å². The minimum Gasteiger partial charge on any atom is -0.368 e. The van der Waals surface area contributed by atoms with Crippen LogP contribution in [-0.4, -0.2) is 16.5 Å². The molecule has 2 rings (SSSR count). The second kappa shape index (κ2) is 4.80. The van der Waals surface area contributed by atoms with Crippen molar-refractivity contribution >= 4 is 22.6 Å². The van der Waals surface area contributed by atoms with Crippen molar-refractivity contribution in [3.63, 3.8) is 0 Å². The van der Waals surface area contributed by atoms with Crippen LogP contribution in [0.4, 0.5) is 0 Å². The van der Waals surface area contributed by atoms with E-state index in [1.165, 1.54) is 14.7 Å². The highest BCUT2D eigenvalue weighted by Gasteiger charge is 2.21. The van der Waals surface area contributed by atoms with Gasteiger partial charge in [-0.2, -0.15) is 0 Å². The lowest BCUT2D eigenvalue weighted by Crippen LogP contribution is -2.16. The molecule has 3 heteroatoms. The summed E-state index contributed by atoms with van der Waals surface area (Å²) in [5.41, 5.74) is 2.70. The molecular formula is C12H15IO2. The standard InChI is InChI=1S/C12H15IO2/c13-10-4-5-11-8(6-10)2-1-3-9(11)7-12(14)15/h4-6,9,12,14-15H,1-3,7H2/t9-/m0/s1. The Balaban J connectivity index is 2.26. The van der Waals surface area contributed by atoms with Crippen molar-refractivity contribution in [2.24, 2.45) is 0 Å². The first kappa shape index (κ1) is 11.4. The smallest absolute Gasteiger partial charge is 0.152 e. The van der Waals surface area contributed by atoms with Crippen LogP contribution in [0.3, 0.4) is 0 Å². The summed E-state index contributed by atoms with van der Waals surface area (Å²) >= 11 is 2.32. The van der Waals surface area contributed by atoms with Crippen molar-refractivity contribution in [3.05, 3.63) is 32.9 Å². The molecule has 1 atom stereocenters. The maximum atomic E-state index is 9.04. The molecule has 0 bridgehead atoms. The van der Waals surface area contributed by atoms with Crippen LogP contribution in [0, 0.1) is 3.57 Å². The molecule has 0 heterocycles. The molecule has 82 valence electrons. The number of fused-ring (bicyclic) bond motifs is 1. The normalized spacial score (nSPS) is 20.4. The van der Waals surface area contributed by atoms with Gasteiger partial charge in [0.15, 0.2) is 6.29 Å². The van der Waals surface area contributed by atoms with Crippen molar-refractivity contribution < 1.29 is 10.2 Å². The molecule has 0 aromatic heterocycles. The molecule has 2 N–H and O–H groups in total. The zero-order valence-electron chi connectivity index (χ0n) is 8.49. The summed E-state index contributed by atoms with van der Waals surface area (Å²) in [7, 11) is 0. The van der Waals surface area contributed by atoms with Crippen molar-refractivity contribution in [3.8, 4) is 0 Å². The summed E-state index contributed by atoms with van der Waals surface area (Å²) in [6, 6.07) is 6.45. The van der Waals surface area contributed by atoms with Gasteiger partial charge in [-0.05, 0) is 71.0 Å². The molecule has 0 fully saturated rings. The number of benzene rings is 1. The highest BCUT2D eigenvalue weighted by atomic mass is 127. The Labute approximate surface area is 103 Å². The number of aliphatic hydroxyl groups is 2. The highest BCUT2D eigenvalue weighted by Crippen LogP contribution is 2.35. The monoisotopic (exact) mass is 318 g/mol. The first-order valence-electron chi connectivity index (χ1n) is 5.31. The van der Waals surface area contributed by atoms with Crippen molar-refractivity contribution in [2.75, 3.05) is 0 Å². The van der Waals surface area contributed by atoms with E-state index in [0.29, 0.717) is 12.3 Å². The Bertz CT molecular complexity index is 349. The van der Waals surface area contributed by atoms with Gasteiger partial charge in [0.2, 0.25) is 0 Å². The maximum Gasteiger partial charge on any atom is 0.152 e.